The summed E-state index contributed by atoms with van der Waals surface area (Å²) in [6.07, 6.45) is 6.85. The molecule has 0 aliphatic rings. The van der Waals surface area contributed by atoms with Crippen LogP contribution >= 0.6 is 0 Å². The Morgan fingerprint density at radius 1 is 1.18 bits per heavy atom. The molecule has 1 atom stereocenters. The van der Waals surface area contributed by atoms with Gasteiger partial charge in [-0.2, -0.15) is 0 Å². The summed E-state index contributed by atoms with van der Waals surface area (Å²) in [6, 6.07) is 0. The van der Waals surface area contributed by atoms with Gasteiger partial charge in [0.25, 0.3) is 0 Å². The molecule has 0 saturated carbocycles. The van der Waals surface area contributed by atoms with Gasteiger partial charge in [0.05, 0.1) is 6.10 Å². The van der Waals surface area contributed by atoms with Gasteiger partial charge in [0, 0.05) is 0 Å². The first-order chi connectivity index (χ1) is 5.26. The van der Waals surface area contributed by atoms with Gasteiger partial charge < -0.3 is 5.11 Å². The van der Waals surface area contributed by atoms with E-state index in [4.69, 9.17) is 0 Å². The highest BCUT2D eigenvalue weighted by Gasteiger charge is 2.10. The monoisotopic (exact) mass is 156 g/mol. The lowest BCUT2D eigenvalue weighted by molar-refractivity contribution is 0.146. The standard InChI is InChI=1S/C10H20O/c1-4-7-8-10(11)9(5-2)6-3/h7-11H,4-6H2,1-3H3/b8-7+. The molecule has 0 aromatic carbocycles. The lowest BCUT2D eigenvalue weighted by atomic mass is 9.96. The molecular formula is C10H20O. The van der Waals surface area contributed by atoms with Gasteiger partial charge in [-0.1, -0.05) is 45.8 Å². The van der Waals surface area contributed by atoms with Crippen molar-refractivity contribution in [1.82, 2.24) is 0 Å². The van der Waals surface area contributed by atoms with Gasteiger partial charge in [-0.15, -0.1) is 0 Å². The third kappa shape index (κ3) is 4.20. The van der Waals surface area contributed by atoms with Gasteiger partial charge >= 0.3 is 0 Å². The van der Waals surface area contributed by atoms with Crippen molar-refractivity contribution in [3.8, 4) is 0 Å². The van der Waals surface area contributed by atoms with Gasteiger partial charge in [-0.25, -0.2) is 0 Å². The van der Waals surface area contributed by atoms with E-state index in [1.807, 2.05) is 12.2 Å². The lowest BCUT2D eigenvalue weighted by Crippen LogP contribution is -2.15. The number of hydrogen-bond donors (Lipinski definition) is 1. The van der Waals surface area contributed by atoms with Crippen LogP contribution in [0.5, 0.6) is 0 Å². The highest BCUT2D eigenvalue weighted by atomic mass is 16.3. The Morgan fingerprint density at radius 3 is 2.09 bits per heavy atom. The Labute approximate surface area is 70.1 Å². The molecule has 1 heteroatoms. The summed E-state index contributed by atoms with van der Waals surface area (Å²) >= 11 is 0. The Kier molecular flexibility index (Phi) is 6.24. The molecule has 0 aliphatic carbocycles. The summed E-state index contributed by atoms with van der Waals surface area (Å²) in [6.45, 7) is 6.32. The van der Waals surface area contributed by atoms with E-state index >= 15 is 0 Å². The first-order valence-corrected chi connectivity index (χ1v) is 4.60. The van der Waals surface area contributed by atoms with Crippen molar-refractivity contribution in [2.75, 3.05) is 0 Å². The normalized spacial score (nSPS) is 14.6. The predicted molar refractivity (Wildman–Crippen MR) is 49.5 cm³/mol. The highest BCUT2D eigenvalue weighted by Crippen LogP contribution is 2.13. The Morgan fingerprint density at radius 2 is 1.73 bits per heavy atom. The summed E-state index contributed by atoms with van der Waals surface area (Å²) in [5.74, 6) is 0.442. The average Bonchev–Trinajstić information content (AvgIpc) is 2.03. The van der Waals surface area contributed by atoms with Gasteiger partial charge in [0.15, 0.2) is 0 Å². The molecule has 11 heavy (non-hydrogen) atoms. The summed E-state index contributed by atoms with van der Waals surface area (Å²) in [7, 11) is 0. The van der Waals surface area contributed by atoms with Crippen molar-refractivity contribution < 1.29 is 5.11 Å². The third-order valence-corrected chi connectivity index (χ3v) is 2.10. The van der Waals surface area contributed by atoms with E-state index in [2.05, 4.69) is 20.8 Å². The first-order valence-electron chi connectivity index (χ1n) is 4.60. The SMILES string of the molecule is CC/C=C/C(O)C(CC)CC. The van der Waals surface area contributed by atoms with Crippen LogP contribution in [-0.4, -0.2) is 11.2 Å². The van der Waals surface area contributed by atoms with Crippen LogP contribution in [0.3, 0.4) is 0 Å². The average molecular weight is 156 g/mol. The van der Waals surface area contributed by atoms with Crippen molar-refractivity contribution >= 4 is 0 Å². The van der Waals surface area contributed by atoms with Crippen LogP contribution in [0.15, 0.2) is 12.2 Å². The third-order valence-electron chi connectivity index (χ3n) is 2.10. The second-order valence-corrected chi connectivity index (χ2v) is 2.90. The van der Waals surface area contributed by atoms with Gasteiger partial charge in [0.1, 0.15) is 0 Å². The van der Waals surface area contributed by atoms with Crippen LogP contribution in [-0.2, 0) is 0 Å². The van der Waals surface area contributed by atoms with Gasteiger partial charge in [0.2, 0.25) is 0 Å². The maximum Gasteiger partial charge on any atom is 0.0748 e. The van der Waals surface area contributed by atoms with Gasteiger partial charge in [-0.05, 0) is 12.3 Å². The molecule has 0 fully saturated rings. The highest BCUT2D eigenvalue weighted by molar-refractivity contribution is 4.90. The zero-order valence-electron chi connectivity index (χ0n) is 7.88. The maximum absolute atomic E-state index is 9.55. The molecule has 0 aromatic rings. The number of aliphatic hydroxyl groups excluding tert-OH is 1. The van der Waals surface area contributed by atoms with Gasteiger partial charge in [-0.3, -0.25) is 0 Å². The van der Waals surface area contributed by atoms with Crippen LogP contribution in [0.4, 0.5) is 0 Å². The van der Waals surface area contributed by atoms with Crippen molar-refractivity contribution in [3.63, 3.8) is 0 Å². The summed E-state index contributed by atoms with van der Waals surface area (Å²) in [5, 5.41) is 9.55. The molecule has 0 bridgehead atoms. The maximum atomic E-state index is 9.55. The molecule has 1 nitrogen and oxygen atoms in total. The molecule has 0 rings (SSSR count). The minimum absolute atomic E-state index is 0.232. The second-order valence-electron chi connectivity index (χ2n) is 2.90. The smallest absolute Gasteiger partial charge is 0.0748 e. The second kappa shape index (κ2) is 6.41. The van der Waals surface area contributed by atoms with E-state index < -0.39 is 0 Å². The van der Waals surface area contributed by atoms with Crippen LogP contribution in [0, 0.1) is 5.92 Å². The van der Waals surface area contributed by atoms with Crippen LogP contribution < -0.4 is 0 Å². The molecule has 0 heterocycles. The summed E-state index contributed by atoms with van der Waals surface area (Å²) in [4.78, 5) is 0. The summed E-state index contributed by atoms with van der Waals surface area (Å²) < 4.78 is 0. The Hall–Kier alpha value is -0.300. The van der Waals surface area contributed by atoms with E-state index in [0.717, 1.165) is 19.3 Å². The molecule has 1 N–H and O–H groups in total. The lowest BCUT2D eigenvalue weighted by Gasteiger charge is -2.15. The zero-order chi connectivity index (χ0) is 8.69. The fourth-order valence-corrected chi connectivity index (χ4v) is 1.20. The van der Waals surface area contributed by atoms with E-state index in [1.165, 1.54) is 0 Å². The topological polar surface area (TPSA) is 20.2 Å². The molecule has 0 spiro atoms. The number of aliphatic hydroxyl groups is 1. The molecule has 0 aliphatic heterocycles. The number of rotatable bonds is 5. The van der Waals surface area contributed by atoms with Crippen molar-refractivity contribution in [1.29, 1.82) is 0 Å². The summed E-state index contributed by atoms with van der Waals surface area (Å²) in [5.41, 5.74) is 0. The molecule has 0 saturated heterocycles. The molecule has 0 aromatic heterocycles. The Bertz CT molecular complexity index is 103. The van der Waals surface area contributed by atoms with E-state index in [9.17, 15) is 5.11 Å². The zero-order valence-corrected chi connectivity index (χ0v) is 7.88. The van der Waals surface area contributed by atoms with E-state index in [0.29, 0.717) is 5.92 Å². The molecule has 0 radical (unpaired) electrons. The molecular weight excluding hydrogens is 136 g/mol. The predicted octanol–water partition coefficient (Wildman–Crippen LogP) is 2.75. The fourth-order valence-electron chi connectivity index (χ4n) is 1.20. The minimum Gasteiger partial charge on any atom is -0.389 e. The Balaban J connectivity index is 3.77. The number of allylic oxidation sites excluding steroid dienone is 1. The largest absolute Gasteiger partial charge is 0.389 e. The van der Waals surface area contributed by atoms with Crippen molar-refractivity contribution in [2.45, 2.75) is 46.1 Å². The minimum atomic E-state index is -0.232. The first kappa shape index (κ1) is 10.7. The molecule has 1 unspecified atom stereocenters. The van der Waals surface area contributed by atoms with Crippen molar-refractivity contribution in [3.05, 3.63) is 12.2 Å². The molecule has 0 amide bonds. The van der Waals surface area contributed by atoms with Crippen LogP contribution in [0.1, 0.15) is 40.0 Å². The number of hydrogen-bond acceptors (Lipinski definition) is 1. The van der Waals surface area contributed by atoms with E-state index in [-0.39, 0.29) is 6.10 Å². The fraction of sp³-hybridized carbons (Fsp3) is 0.800. The van der Waals surface area contributed by atoms with E-state index in [1.54, 1.807) is 0 Å². The van der Waals surface area contributed by atoms with Crippen LogP contribution in [0.25, 0.3) is 0 Å². The van der Waals surface area contributed by atoms with Crippen LogP contribution in [0.2, 0.25) is 0 Å². The molecule has 66 valence electrons. The quantitative estimate of drug-likeness (QED) is 0.607. The van der Waals surface area contributed by atoms with Crippen molar-refractivity contribution in [2.24, 2.45) is 5.92 Å².